The molecule has 10 heteroatoms. The van der Waals surface area contributed by atoms with Gasteiger partial charge in [0.15, 0.2) is 9.84 Å². The Morgan fingerprint density at radius 1 is 1.13 bits per heavy atom. The topological polar surface area (TPSA) is 95.1 Å². The summed E-state index contributed by atoms with van der Waals surface area (Å²) in [6.07, 6.45) is 0.154. The minimum Gasteiger partial charge on any atom is -0.369 e. The Morgan fingerprint density at radius 2 is 1.73 bits per heavy atom. The Labute approximate surface area is 179 Å². The van der Waals surface area contributed by atoms with Crippen molar-refractivity contribution < 1.29 is 21.6 Å². The maximum absolute atomic E-state index is 12.8. The molecule has 0 saturated carbocycles. The zero-order chi connectivity index (χ0) is 22.1. The van der Waals surface area contributed by atoms with E-state index in [2.05, 4.69) is 25.7 Å². The molecule has 3 rings (SSSR count). The first-order valence-electron chi connectivity index (χ1n) is 10.4. The maximum atomic E-state index is 12.8. The van der Waals surface area contributed by atoms with Gasteiger partial charge >= 0.3 is 0 Å². The maximum Gasteiger partial charge on any atom is 0.253 e. The summed E-state index contributed by atoms with van der Waals surface area (Å²) >= 11 is 0. The summed E-state index contributed by atoms with van der Waals surface area (Å²) in [5.41, 5.74) is 1.64. The SMILES string of the molecule is CCN(c1ccc(C(=O)N2CCN(S(=O)(=O)C3CCS(=O)(=O)C3)CC2)cc1)C(C)C. The Kier molecular flexibility index (Phi) is 6.78. The second kappa shape index (κ2) is 8.84. The lowest BCUT2D eigenvalue weighted by molar-refractivity contribution is 0.0697. The summed E-state index contributed by atoms with van der Waals surface area (Å²) in [6.45, 7) is 8.20. The van der Waals surface area contributed by atoms with Gasteiger partial charge in [0.05, 0.1) is 16.8 Å². The molecule has 0 bridgehead atoms. The molecule has 2 saturated heterocycles. The average molecular weight is 458 g/mol. The third kappa shape index (κ3) is 4.81. The third-order valence-electron chi connectivity index (χ3n) is 5.91. The summed E-state index contributed by atoms with van der Waals surface area (Å²) in [7, 11) is -6.93. The molecule has 1 aromatic rings. The Morgan fingerprint density at radius 3 is 2.20 bits per heavy atom. The summed E-state index contributed by atoms with van der Waals surface area (Å²) in [4.78, 5) is 16.7. The molecule has 0 spiro atoms. The van der Waals surface area contributed by atoms with Gasteiger partial charge in [-0.25, -0.2) is 16.8 Å². The van der Waals surface area contributed by atoms with Crippen molar-refractivity contribution in [3.8, 4) is 0 Å². The molecule has 1 unspecified atom stereocenters. The molecular weight excluding hydrogens is 426 g/mol. The van der Waals surface area contributed by atoms with Crippen LogP contribution in [-0.4, -0.2) is 87.5 Å². The molecule has 2 aliphatic heterocycles. The average Bonchev–Trinajstić information content (AvgIpc) is 3.09. The lowest BCUT2D eigenvalue weighted by atomic mass is 10.1. The number of sulfone groups is 1. The highest BCUT2D eigenvalue weighted by molar-refractivity contribution is 7.95. The van der Waals surface area contributed by atoms with Crippen LogP contribution in [0.25, 0.3) is 0 Å². The van der Waals surface area contributed by atoms with Gasteiger partial charge in [-0.3, -0.25) is 4.79 Å². The van der Waals surface area contributed by atoms with Gasteiger partial charge in [-0.1, -0.05) is 0 Å². The first kappa shape index (κ1) is 23.0. The predicted octanol–water partition coefficient (Wildman–Crippen LogP) is 1.20. The van der Waals surface area contributed by atoms with Gasteiger partial charge in [-0.2, -0.15) is 4.31 Å². The fraction of sp³-hybridized carbons (Fsp3) is 0.650. The van der Waals surface area contributed by atoms with Gasteiger partial charge in [0, 0.05) is 50.0 Å². The molecule has 2 fully saturated rings. The van der Waals surface area contributed by atoms with Crippen molar-refractivity contribution >= 4 is 31.5 Å². The van der Waals surface area contributed by atoms with Crippen molar-refractivity contribution in [1.82, 2.24) is 9.21 Å². The quantitative estimate of drug-likeness (QED) is 0.637. The van der Waals surface area contributed by atoms with Crippen molar-refractivity contribution in [1.29, 1.82) is 0 Å². The number of anilines is 1. The van der Waals surface area contributed by atoms with Crippen LogP contribution in [0.15, 0.2) is 24.3 Å². The van der Waals surface area contributed by atoms with Gasteiger partial charge in [-0.15, -0.1) is 0 Å². The number of hydrogen-bond donors (Lipinski definition) is 0. The van der Waals surface area contributed by atoms with Gasteiger partial charge in [0.2, 0.25) is 10.0 Å². The van der Waals surface area contributed by atoms with Crippen molar-refractivity contribution in [2.24, 2.45) is 0 Å². The van der Waals surface area contributed by atoms with E-state index in [4.69, 9.17) is 0 Å². The van der Waals surface area contributed by atoms with Crippen LogP contribution in [0.4, 0.5) is 5.69 Å². The molecule has 1 atom stereocenters. The second-order valence-corrected chi connectivity index (χ2v) is 12.6. The second-order valence-electron chi connectivity index (χ2n) is 8.19. The predicted molar refractivity (Wildman–Crippen MR) is 118 cm³/mol. The minimum absolute atomic E-state index is 0.0718. The lowest BCUT2D eigenvalue weighted by Gasteiger charge is -2.35. The van der Waals surface area contributed by atoms with Crippen LogP contribution in [0.1, 0.15) is 37.6 Å². The highest BCUT2D eigenvalue weighted by Gasteiger charge is 2.41. The first-order valence-corrected chi connectivity index (χ1v) is 13.7. The van der Waals surface area contributed by atoms with Gasteiger partial charge in [-0.05, 0) is 51.5 Å². The molecule has 2 aliphatic rings. The molecule has 168 valence electrons. The van der Waals surface area contributed by atoms with E-state index in [-0.39, 0.29) is 36.9 Å². The van der Waals surface area contributed by atoms with Gasteiger partial charge in [0.1, 0.15) is 0 Å². The summed E-state index contributed by atoms with van der Waals surface area (Å²) in [6, 6.07) is 7.88. The van der Waals surface area contributed by atoms with Crippen LogP contribution >= 0.6 is 0 Å². The van der Waals surface area contributed by atoms with E-state index < -0.39 is 25.1 Å². The number of carbonyl (C=O) groups excluding carboxylic acids is 1. The molecule has 2 heterocycles. The molecule has 1 amide bonds. The highest BCUT2D eigenvalue weighted by Crippen LogP contribution is 2.24. The van der Waals surface area contributed by atoms with Crippen LogP contribution in [0.5, 0.6) is 0 Å². The van der Waals surface area contributed by atoms with Gasteiger partial charge in [0.25, 0.3) is 5.91 Å². The Hall–Kier alpha value is -1.65. The third-order valence-corrected chi connectivity index (χ3v) is 10.2. The largest absolute Gasteiger partial charge is 0.369 e. The Bertz CT molecular complexity index is 966. The fourth-order valence-corrected chi connectivity index (χ4v) is 8.69. The zero-order valence-corrected chi connectivity index (χ0v) is 19.5. The lowest BCUT2D eigenvalue weighted by Crippen LogP contribution is -2.52. The van der Waals surface area contributed by atoms with Crippen LogP contribution in [0.2, 0.25) is 0 Å². The summed E-state index contributed by atoms with van der Waals surface area (Å²) in [5, 5.41) is -0.861. The molecule has 30 heavy (non-hydrogen) atoms. The number of rotatable bonds is 6. The first-order chi connectivity index (χ1) is 14.0. The number of hydrogen-bond acceptors (Lipinski definition) is 6. The van der Waals surface area contributed by atoms with E-state index in [1.165, 1.54) is 4.31 Å². The normalized spacial score (nSPS) is 22.4. The van der Waals surface area contributed by atoms with Crippen LogP contribution in [0, 0.1) is 0 Å². The van der Waals surface area contributed by atoms with Crippen molar-refractivity contribution in [2.45, 2.75) is 38.5 Å². The van der Waals surface area contributed by atoms with Crippen molar-refractivity contribution in [3.63, 3.8) is 0 Å². The van der Waals surface area contributed by atoms with E-state index in [1.807, 2.05) is 24.3 Å². The van der Waals surface area contributed by atoms with Crippen molar-refractivity contribution in [2.75, 3.05) is 49.1 Å². The van der Waals surface area contributed by atoms with Crippen molar-refractivity contribution in [3.05, 3.63) is 29.8 Å². The van der Waals surface area contributed by atoms with E-state index >= 15 is 0 Å². The van der Waals surface area contributed by atoms with E-state index in [9.17, 15) is 21.6 Å². The minimum atomic E-state index is -3.66. The number of amides is 1. The number of carbonyl (C=O) groups is 1. The molecule has 0 N–H and O–H groups in total. The summed E-state index contributed by atoms with van der Waals surface area (Å²) in [5.74, 6) is -0.488. The summed E-state index contributed by atoms with van der Waals surface area (Å²) < 4.78 is 50.2. The molecule has 8 nitrogen and oxygen atoms in total. The Balaban J connectivity index is 1.61. The highest BCUT2D eigenvalue weighted by atomic mass is 32.2. The number of sulfonamides is 1. The van der Waals surface area contributed by atoms with Crippen LogP contribution in [0.3, 0.4) is 0 Å². The standard InChI is InChI=1S/C20H31N3O5S2/c1-4-23(16(2)3)18-7-5-17(6-8-18)20(24)21-10-12-22(13-11-21)30(27,28)19-9-14-29(25,26)15-19/h5-8,16,19H,4,9-15H2,1-3H3. The number of piperazine rings is 1. The number of benzene rings is 1. The monoisotopic (exact) mass is 457 g/mol. The molecule has 0 radical (unpaired) electrons. The molecule has 0 aromatic heterocycles. The van der Waals surface area contributed by atoms with E-state index in [0.717, 1.165) is 12.2 Å². The molecular formula is C20H31N3O5S2. The van der Waals surface area contributed by atoms with E-state index in [1.54, 1.807) is 4.90 Å². The fourth-order valence-electron chi connectivity index (χ4n) is 4.18. The smallest absolute Gasteiger partial charge is 0.253 e. The molecule has 0 aliphatic carbocycles. The number of nitrogens with zero attached hydrogens (tertiary/aromatic N) is 3. The van der Waals surface area contributed by atoms with Gasteiger partial charge < -0.3 is 9.80 Å². The zero-order valence-electron chi connectivity index (χ0n) is 17.8. The van der Waals surface area contributed by atoms with Crippen LogP contribution < -0.4 is 4.90 Å². The van der Waals surface area contributed by atoms with E-state index in [0.29, 0.717) is 24.7 Å². The molecule has 1 aromatic carbocycles. The van der Waals surface area contributed by atoms with Crippen LogP contribution in [-0.2, 0) is 19.9 Å².